The molecule has 0 unspecified atom stereocenters. The third-order valence-corrected chi connectivity index (χ3v) is 5.37. The molecule has 2 fully saturated rings. The van der Waals surface area contributed by atoms with Crippen molar-refractivity contribution in [1.29, 1.82) is 0 Å². The van der Waals surface area contributed by atoms with E-state index in [-0.39, 0.29) is 24.0 Å². The first-order chi connectivity index (χ1) is 11.1. The fourth-order valence-electron chi connectivity index (χ4n) is 4.13. The standard InChI is InChI=1S/C17H30N6.HI/c1-22-11-5-6-13(16(22)15-9-10-20-23(15)2)12-19-17(18)21-14-7-3-4-8-14;/h9-10,13-14,16H,3-8,11-12H2,1-2H3,(H3,18,19,21);1H/t13-,16+;/m0./s1. The number of aromatic nitrogens is 2. The molecule has 0 bridgehead atoms. The van der Waals surface area contributed by atoms with Crippen molar-refractivity contribution in [2.45, 2.75) is 50.6 Å². The van der Waals surface area contributed by atoms with Crippen molar-refractivity contribution in [3.63, 3.8) is 0 Å². The first-order valence-electron chi connectivity index (χ1n) is 8.89. The van der Waals surface area contributed by atoms with Crippen molar-refractivity contribution < 1.29 is 0 Å². The highest BCUT2D eigenvalue weighted by molar-refractivity contribution is 14.0. The number of likely N-dealkylation sites (tertiary alicyclic amines) is 1. The van der Waals surface area contributed by atoms with Gasteiger partial charge in [0.2, 0.25) is 0 Å². The zero-order chi connectivity index (χ0) is 16.2. The molecular formula is C17H31IN6. The van der Waals surface area contributed by atoms with Gasteiger partial charge < -0.3 is 11.1 Å². The lowest BCUT2D eigenvalue weighted by Gasteiger charge is -2.38. The summed E-state index contributed by atoms with van der Waals surface area (Å²) in [5.41, 5.74) is 7.38. The molecule has 3 N–H and O–H groups in total. The molecule has 7 heteroatoms. The third kappa shape index (κ3) is 4.62. The van der Waals surface area contributed by atoms with E-state index in [1.807, 2.05) is 17.9 Å². The number of nitrogens with two attached hydrogens (primary N) is 1. The van der Waals surface area contributed by atoms with Crippen LogP contribution in [0.15, 0.2) is 17.3 Å². The maximum absolute atomic E-state index is 6.11. The minimum atomic E-state index is 0. The van der Waals surface area contributed by atoms with Crippen LogP contribution in [-0.2, 0) is 7.05 Å². The van der Waals surface area contributed by atoms with Crippen LogP contribution in [0.4, 0.5) is 0 Å². The lowest BCUT2D eigenvalue weighted by molar-refractivity contribution is 0.119. The lowest BCUT2D eigenvalue weighted by atomic mass is 9.87. The van der Waals surface area contributed by atoms with Crippen molar-refractivity contribution in [2.75, 3.05) is 20.1 Å². The van der Waals surface area contributed by atoms with Crippen LogP contribution in [0.25, 0.3) is 0 Å². The Kier molecular flexibility index (Phi) is 7.34. The van der Waals surface area contributed by atoms with Crippen LogP contribution in [0.5, 0.6) is 0 Å². The molecule has 1 saturated carbocycles. The highest BCUT2D eigenvalue weighted by atomic mass is 127. The summed E-state index contributed by atoms with van der Waals surface area (Å²) in [6.07, 6.45) is 9.36. The number of hydrogen-bond acceptors (Lipinski definition) is 3. The highest BCUT2D eigenvalue weighted by Gasteiger charge is 2.32. The van der Waals surface area contributed by atoms with Gasteiger partial charge in [0.05, 0.1) is 11.7 Å². The molecular weight excluding hydrogens is 415 g/mol. The summed E-state index contributed by atoms with van der Waals surface area (Å²) in [4.78, 5) is 7.09. The van der Waals surface area contributed by atoms with Crippen molar-refractivity contribution in [2.24, 2.45) is 23.7 Å². The van der Waals surface area contributed by atoms with Crippen LogP contribution >= 0.6 is 24.0 Å². The topological polar surface area (TPSA) is 71.5 Å². The average Bonchev–Trinajstić information content (AvgIpc) is 3.17. The number of aryl methyl sites for hydroxylation is 1. The Morgan fingerprint density at radius 1 is 1.29 bits per heavy atom. The number of piperidine rings is 1. The maximum atomic E-state index is 6.11. The second-order valence-corrected chi connectivity index (χ2v) is 7.06. The molecule has 2 aliphatic rings. The van der Waals surface area contributed by atoms with E-state index in [1.54, 1.807) is 0 Å². The van der Waals surface area contributed by atoms with Gasteiger partial charge in [0, 0.05) is 25.8 Å². The molecule has 3 rings (SSSR count). The monoisotopic (exact) mass is 446 g/mol. The summed E-state index contributed by atoms with van der Waals surface area (Å²) in [5, 5.41) is 7.73. The molecule has 1 aromatic rings. The lowest BCUT2D eigenvalue weighted by Crippen LogP contribution is -2.41. The highest BCUT2D eigenvalue weighted by Crippen LogP contribution is 2.34. The molecule has 1 aliphatic heterocycles. The molecule has 0 spiro atoms. The minimum absolute atomic E-state index is 0. The predicted molar refractivity (Wildman–Crippen MR) is 109 cm³/mol. The van der Waals surface area contributed by atoms with E-state index in [0.717, 1.165) is 13.1 Å². The van der Waals surface area contributed by atoms with E-state index in [0.29, 0.717) is 24.0 Å². The summed E-state index contributed by atoms with van der Waals surface area (Å²) < 4.78 is 1.99. The van der Waals surface area contributed by atoms with Gasteiger partial charge in [-0.15, -0.1) is 24.0 Å². The van der Waals surface area contributed by atoms with Gasteiger partial charge in [0.1, 0.15) is 0 Å². The number of aliphatic imine (C=N–C) groups is 1. The number of guanidine groups is 1. The first-order valence-corrected chi connectivity index (χ1v) is 8.89. The molecule has 24 heavy (non-hydrogen) atoms. The summed E-state index contributed by atoms with van der Waals surface area (Å²) in [7, 11) is 4.22. The summed E-state index contributed by atoms with van der Waals surface area (Å²) in [6, 6.07) is 3.03. The normalized spacial score (nSPS) is 26.3. The van der Waals surface area contributed by atoms with Crippen LogP contribution in [0.2, 0.25) is 0 Å². The van der Waals surface area contributed by atoms with E-state index in [2.05, 4.69) is 33.4 Å². The zero-order valence-corrected chi connectivity index (χ0v) is 17.1. The number of hydrogen-bond donors (Lipinski definition) is 2. The van der Waals surface area contributed by atoms with Crippen LogP contribution in [-0.4, -0.2) is 46.8 Å². The second kappa shape index (κ2) is 9.03. The molecule has 0 radical (unpaired) electrons. The van der Waals surface area contributed by atoms with Crippen LogP contribution in [0.1, 0.15) is 50.3 Å². The number of rotatable bonds is 4. The van der Waals surface area contributed by atoms with E-state index in [4.69, 9.17) is 5.73 Å². The molecule has 2 atom stereocenters. The van der Waals surface area contributed by atoms with Crippen molar-refractivity contribution in [3.05, 3.63) is 18.0 Å². The fraction of sp³-hybridized carbons (Fsp3) is 0.765. The first kappa shape index (κ1) is 19.5. The molecule has 0 amide bonds. The molecule has 0 aromatic carbocycles. The van der Waals surface area contributed by atoms with E-state index < -0.39 is 0 Å². The zero-order valence-electron chi connectivity index (χ0n) is 14.8. The van der Waals surface area contributed by atoms with E-state index >= 15 is 0 Å². The van der Waals surface area contributed by atoms with Gasteiger partial charge in [-0.3, -0.25) is 14.6 Å². The second-order valence-electron chi connectivity index (χ2n) is 7.06. The third-order valence-electron chi connectivity index (χ3n) is 5.37. The Morgan fingerprint density at radius 2 is 2.04 bits per heavy atom. The number of nitrogens with zero attached hydrogens (tertiary/aromatic N) is 4. The van der Waals surface area contributed by atoms with Crippen molar-refractivity contribution in [1.82, 2.24) is 20.0 Å². The smallest absolute Gasteiger partial charge is 0.188 e. The Hall–Kier alpha value is -0.830. The molecule has 1 aromatic heterocycles. The summed E-state index contributed by atoms with van der Waals surface area (Å²) >= 11 is 0. The molecule has 1 aliphatic carbocycles. The minimum Gasteiger partial charge on any atom is -0.370 e. The Labute approximate surface area is 162 Å². The molecule has 136 valence electrons. The molecule has 1 saturated heterocycles. The van der Waals surface area contributed by atoms with Gasteiger partial charge in [-0.1, -0.05) is 12.8 Å². The maximum Gasteiger partial charge on any atom is 0.188 e. The Balaban J connectivity index is 0.00000208. The fourth-order valence-corrected chi connectivity index (χ4v) is 4.13. The average molecular weight is 446 g/mol. The Bertz CT molecular complexity index is 537. The van der Waals surface area contributed by atoms with Gasteiger partial charge >= 0.3 is 0 Å². The van der Waals surface area contributed by atoms with Gasteiger partial charge in [-0.2, -0.15) is 5.10 Å². The van der Waals surface area contributed by atoms with Gasteiger partial charge in [-0.05, 0) is 51.3 Å². The quantitative estimate of drug-likeness (QED) is 0.423. The summed E-state index contributed by atoms with van der Waals surface area (Å²) in [5.74, 6) is 1.11. The molecule has 2 heterocycles. The van der Waals surface area contributed by atoms with Crippen LogP contribution < -0.4 is 11.1 Å². The Morgan fingerprint density at radius 3 is 2.71 bits per heavy atom. The largest absolute Gasteiger partial charge is 0.370 e. The van der Waals surface area contributed by atoms with Crippen molar-refractivity contribution >= 4 is 29.9 Å². The van der Waals surface area contributed by atoms with Crippen LogP contribution in [0.3, 0.4) is 0 Å². The van der Waals surface area contributed by atoms with Gasteiger partial charge in [0.25, 0.3) is 0 Å². The van der Waals surface area contributed by atoms with Crippen molar-refractivity contribution in [3.8, 4) is 0 Å². The predicted octanol–water partition coefficient (Wildman–Crippen LogP) is 2.27. The van der Waals surface area contributed by atoms with Crippen LogP contribution in [0, 0.1) is 5.92 Å². The SMILES string of the molecule is CN1CCC[C@@H](CN=C(N)NC2CCCC2)[C@@H]1c1ccnn1C.I. The number of nitrogens with one attached hydrogen (secondary N) is 1. The number of halogens is 1. The van der Waals surface area contributed by atoms with Gasteiger partial charge in [0.15, 0.2) is 5.96 Å². The van der Waals surface area contributed by atoms with E-state index in [1.165, 1.54) is 44.2 Å². The van der Waals surface area contributed by atoms with Gasteiger partial charge in [-0.25, -0.2) is 0 Å². The van der Waals surface area contributed by atoms with E-state index in [9.17, 15) is 0 Å². The summed E-state index contributed by atoms with van der Waals surface area (Å²) in [6.45, 7) is 1.91. The molecule has 6 nitrogen and oxygen atoms in total.